The van der Waals surface area contributed by atoms with Gasteiger partial charge in [0.05, 0.1) is 22.8 Å². The Labute approximate surface area is 123 Å². The van der Waals surface area contributed by atoms with Gasteiger partial charge in [-0.1, -0.05) is 11.6 Å². The number of rotatable bonds is 3. The van der Waals surface area contributed by atoms with Crippen molar-refractivity contribution in [3.05, 3.63) is 28.9 Å². The second-order valence-electron chi connectivity index (χ2n) is 4.35. The van der Waals surface area contributed by atoms with Gasteiger partial charge in [-0.3, -0.25) is 0 Å². The molecule has 2 N–H and O–H groups in total. The number of anilines is 1. The normalized spacial score (nSPS) is 11.9. The molecule has 1 heterocycles. The first kappa shape index (κ1) is 15.5. The van der Waals surface area contributed by atoms with Crippen molar-refractivity contribution in [2.75, 3.05) is 12.3 Å². The minimum absolute atomic E-state index is 0.0578. The summed E-state index contributed by atoms with van der Waals surface area (Å²) in [7, 11) is 0. The molecular formula is C13H12ClF3N2O2. The number of esters is 1. The fourth-order valence-electron chi connectivity index (χ4n) is 2.04. The summed E-state index contributed by atoms with van der Waals surface area (Å²) < 4.78 is 43.8. The Morgan fingerprint density at radius 1 is 1.43 bits per heavy atom. The predicted octanol–water partition coefficient (Wildman–Crippen LogP) is 3.62. The van der Waals surface area contributed by atoms with Crippen LogP contribution in [0, 0.1) is 0 Å². The lowest BCUT2D eigenvalue weighted by Gasteiger charge is -2.12. The summed E-state index contributed by atoms with van der Waals surface area (Å²) in [5.74, 6) is -0.840. The summed E-state index contributed by atoms with van der Waals surface area (Å²) >= 11 is 5.99. The number of hydrogen-bond donors (Lipinski definition) is 1. The molecule has 0 aliphatic heterocycles. The van der Waals surface area contributed by atoms with Gasteiger partial charge in [-0.2, -0.15) is 13.2 Å². The van der Waals surface area contributed by atoms with E-state index in [-0.39, 0.29) is 33.9 Å². The molecule has 114 valence electrons. The number of hydrogen-bond acceptors (Lipinski definition) is 3. The maximum absolute atomic E-state index is 12.7. The SMILES string of the molecule is CCOC(=O)c1cc2c(Cl)c(N)ccc2n1CC(F)(F)F. The number of nitrogens with two attached hydrogens (primary N) is 1. The maximum Gasteiger partial charge on any atom is 0.406 e. The summed E-state index contributed by atoms with van der Waals surface area (Å²) in [5, 5.41) is 0.392. The molecule has 2 aromatic rings. The molecule has 21 heavy (non-hydrogen) atoms. The molecule has 4 nitrogen and oxygen atoms in total. The number of nitrogen functional groups attached to an aromatic ring is 1. The number of alkyl halides is 3. The van der Waals surface area contributed by atoms with Crippen LogP contribution in [-0.2, 0) is 11.3 Å². The van der Waals surface area contributed by atoms with Crippen molar-refractivity contribution in [3.63, 3.8) is 0 Å². The van der Waals surface area contributed by atoms with Crippen LogP contribution < -0.4 is 5.73 Å². The standard InChI is InChI=1S/C13H12ClF3N2O2/c1-2-21-12(20)10-5-7-9(4-3-8(18)11(7)14)19(10)6-13(15,16)17/h3-5H,2,6,18H2,1H3. The molecule has 1 aromatic heterocycles. The Morgan fingerprint density at radius 2 is 2.10 bits per heavy atom. The quantitative estimate of drug-likeness (QED) is 0.694. The van der Waals surface area contributed by atoms with Crippen LogP contribution in [0.25, 0.3) is 10.9 Å². The van der Waals surface area contributed by atoms with Crippen molar-refractivity contribution in [1.82, 2.24) is 4.57 Å². The minimum Gasteiger partial charge on any atom is -0.461 e. The number of carbonyl (C=O) groups excluding carboxylic acids is 1. The van der Waals surface area contributed by atoms with Gasteiger partial charge in [0, 0.05) is 5.39 Å². The van der Waals surface area contributed by atoms with E-state index >= 15 is 0 Å². The van der Waals surface area contributed by atoms with E-state index in [9.17, 15) is 18.0 Å². The molecule has 0 aliphatic carbocycles. The molecule has 0 saturated carbocycles. The molecule has 0 spiro atoms. The van der Waals surface area contributed by atoms with Gasteiger partial charge in [0.25, 0.3) is 0 Å². The highest BCUT2D eigenvalue weighted by atomic mass is 35.5. The van der Waals surface area contributed by atoms with Crippen LogP contribution in [0.4, 0.5) is 18.9 Å². The number of carbonyl (C=O) groups is 1. The van der Waals surface area contributed by atoms with Crippen molar-refractivity contribution in [2.24, 2.45) is 0 Å². The Hall–Kier alpha value is -1.89. The summed E-state index contributed by atoms with van der Waals surface area (Å²) in [4.78, 5) is 11.8. The van der Waals surface area contributed by atoms with Gasteiger partial charge in [0.2, 0.25) is 0 Å². The van der Waals surface area contributed by atoms with Gasteiger partial charge in [-0.15, -0.1) is 0 Å². The van der Waals surface area contributed by atoms with Crippen LogP contribution in [0.5, 0.6) is 0 Å². The fraction of sp³-hybridized carbons (Fsp3) is 0.308. The van der Waals surface area contributed by atoms with E-state index in [4.69, 9.17) is 22.1 Å². The third kappa shape index (κ3) is 3.07. The second-order valence-corrected chi connectivity index (χ2v) is 4.73. The fourth-order valence-corrected chi connectivity index (χ4v) is 2.25. The molecule has 0 fully saturated rings. The zero-order chi connectivity index (χ0) is 15.8. The Kier molecular flexibility index (Phi) is 4.04. The number of halogens is 4. The lowest BCUT2D eigenvalue weighted by atomic mass is 10.2. The third-order valence-electron chi connectivity index (χ3n) is 2.87. The van der Waals surface area contributed by atoms with Crippen molar-refractivity contribution in [2.45, 2.75) is 19.6 Å². The van der Waals surface area contributed by atoms with E-state index in [1.54, 1.807) is 6.92 Å². The minimum atomic E-state index is -4.49. The van der Waals surface area contributed by atoms with Gasteiger partial charge in [-0.25, -0.2) is 4.79 Å². The van der Waals surface area contributed by atoms with Gasteiger partial charge >= 0.3 is 12.1 Å². The average molecular weight is 321 g/mol. The predicted molar refractivity (Wildman–Crippen MR) is 73.4 cm³/mol. The number of aromatic nitrogens is 1. The lowest BCUT2D eigenvalue weighted by molar-refractivity contribution is -0.140. The van der Waals surface area contributed by atoms with E-state index in [2.05, 4.69) is 0 Å². The molecule has 1 aromatic carbocycles. The van der Waals surface area contributed by atoms with E-state index in [0.717, 1.165) is 4.57 Å². The van der Waals surface area contributed by atoms with E-state index in [0.29, 0.717) is 0 Å². The highest BCUT2D eigenvalue weighted by Crippen LogP contribution is 2.33. The summed E-state index contributed by atoms with van der Waals surface area (Å²) in [5.41, 5.74) is 5.82. The lowest BCUT2D eigenvalue weighted by Crippen LogP contribution is -2.21. The third-order valence-corrected chi connectivity index (χ3v) is 3.29. The largest absolute Gasteiger partial charge is 0.461 e. The van der Waals surface area contributed by atoms with Gasteiger partial charge < -0.3 is 15.0 Å². The van der Waals surface area contributed by atoms with Crippen molar-refractivity contribution in [1.29, 1.82) is 0 Å². The molecule has 0 atom stereocenters. The molecule has 0 aliphatic rings. The number of benzene rings is 1. The van der Waals surface area contributed by atoms with Gasteiger partial charge in [0.15, 0.2) is 0 Å². The Bertz CT molecular complexity index is 695. The Balaban J connectivity index is 2.68. The molecule has 8 heteroatoms. The van der Waals surface area contributed by atoms with E-state index in [1.807, 2.05) is 0 Å². The molecule has 0 saturated heterocycles. The molecule has 0 unspecified atom stereocenters. The van der Waals surface area contributed by atoms with Gasteiger partial charge in [-0.05, 0) is 25.1 Å². The van der Waals surface area contributed by atoms with Crippen molar-refractivity contribution < 1.29 is 22.7 Å². The first-order valence-corrected chi connectivity index (χ1v) is 6.43. The van der Waals surface area contributed by atoms with E-state index < -0.39 is 18.7 Å². The van der Waals surface area contributed by atoms with Crippen molar-refractivity contribution >= 4 is 34.2 Å². The van der Waals surface area contributed by atoms with Crippen molar-refractivity contribution in [3.8, 4) is 0 Å². The first-order valence-electron chi connectivity index (χ1n) is 6.05. The Morgan fingerprint density at radius 3 is 2.67 bits per heavy atom. The average Bonchev–Trinajstić information content (AvgIpc) is 2.72. The van der Waals surface area contributed by atoms with Crippen LogP contribution in [0.2, 0.25) is 5.02 Å². The topological polar surface area (TPSA) is 57.2 Å². The first-order chi connectivity index (χ1) is 9.74. The van der Waals surface area contributed by atoms with Crippen LogP contribution in [-0.4, -0.2) is 23.3 Å². The van der Waals surface area contributed by atoms with Crippen LogP contribution >= 0.6 is 11.6 Å². The molecule has 0 amide bonds. The maximum atomic E-state index is 12.7. The number of ether oxygens (including phenoxy) is 1. The van der Waals surface area contributed by atoms with Gasteiger partial charge in [0.1, 0.15) is 12.2 Å². The highest BCUT2D eigenvalue weighted by molar-refractivity contribution is 6.38. The smallest absolute Gasteiger partial charge is 0.406 e. The zero-order valence-electron chi connectivity index (χ0n) is 11.0. The highest BCUT2D eigenvalue weighted by Gasteiger charge is 2.31. The number of nitrogens with zero attached hydrogens (tertiary/aromatic N) is 1. The monoisotopic (exact) mass is 320 g/mol. The molecule has 0 bridgehead atoms. The number of fused-ring (bicyclic) bond motifs is 1. The molecule has 2 rings (SSSR count). The summed E-state index contributed by atoms with van der Waals surface area (Å²) in [6, 6.07) is 4.05. The van der Waals surface area contributed by atoms with E-state index in [1.165, 1.54) is 18.2 Å². The summed E-state index contributed by atoms with van der Waals surface area (Å²) in [6.07, 6.45) is -4.49. The van der Waals surface area contributed by atoms with Crippen LogP contribution in [0.15, 0.2) is 18.2 Å². The summed E-state index contributed by atoms with van der Waals surface area (Å²) in [6.45, 7) is 0.312. The molecule has 0 radical (unpaired) electrons. The second kappa shape index (κ2) is 5.48. The van der Waals surface area contributed by atoms with Crippen LogP contribution in [0.1, 0.15) is 17.4 Å². The zero-order valence-corrected chi connectivity index (χ0v) is 11.8. The molecular weight excluding hydrogens is 309 g/mol. The van der Waals surface area contributed by atoms with Crippen LogP contribution in [0.3, 0.4) is 0 Å².